The Balaban J connectivity index is 2.22. The number of halogens is 1. The van der Waals surface area contributed by atoms with Gasteiger partial charge in [-0.2, -0.15) is 0 Å². The molecule has 0 spiro atoms. The predicted octanol–water partition coefficient (Wildman–Crippen LogP) is 3.66. The number of aliphatic hydroxyl groups is 1. The third-order valence-corrected chi connectivity index (χ3v) is 5.50. The molecule has 0 radical (unpaired) electrons. The highest BCUT2D eigenvalue weighted by molar-refractivity contribution is 5.20. The van der Waals surface area contributed by atoms with E-state index in [0.717, 1.165) is 31.2 Å². The molecule has 1 aromatic rings. The van der Waals surface area contributed by atoms with Gasteiger partial charge in [0.1, 0.15) is 5.82 Å². The van der Waals surface area contributed by atoms with Crippen LogP contribution in [0, 0.1) is 17.2 Å². The number of benzene rings is 1. The van der Waals surface area contributed by atoms with Gasteiger partial charge in [-0.05, 0) is 43.4 Å². The molecule has 3 heteroatoms. The van der Waals surface area contributed by atoms with Crippen molar-refractivity contribution in [2.45, 2.75) is 58.0 Å². The standard InChI is InChI=1S/C18H28FNO/c1-3-14-7-5-9-18(12-14,13-20)17(2,21)11-15-6-4-8-16(19)10-15/h4,6,8,10,14,21H,3,5,7,9,11-13,20H2,1-2H3. The second kappa shape index (κ2) is 6.45. The van der Waals surface area contributed by atoms with Gasteiger partial charge in [0, 0.05) is 18.4 Å². The van der Waals surface area contributed by atoms with E-state index >= 15 is 0 Å². The lowest BCUT2D eigenvalue weighted by Gasteiger charge is -2.50. The van der Waals surface area contributed by atoms with Crippen LogP contribution in [0.1, 0.15) is 51.5 Å². The molecule has 21 heavy (non-hydrogen) atoms. The third-order valence-electron chi connectivity index (χ3n) is 5.50. The van der Waals surface area contributed by atoms with Gasteiger partial charge in [0.2, 0.25) is 0 Å². The first-order chi connectivity index (χ1) is 9.92. The van der Waals surface area contributed by atoms with Crippen molar-refractivity contribution in [2.24, 2.45) is 17.1 Å². The van der Waals surface area contributed by atoms with Gasteiger partial charge in [-0.25, -0.2) is 4.39 Å². The summed E-state index contributed by atoms with van der Waals surface area (Å²) in [5.74, 6) is 0.390. The molecule has 1 aliphatic carbocycles. The van der Waals surface area contributed by atoms with Crippen molar-refractivity contribution >= 4 is 0 Å². The molecule has 2 nitrogen and oxygen atoms in total. The van der Waals surface area contributed by atoms with Crippen LogP contribution in [0.5, 0.6) is 0 Å². The topological polar surface area (TPSA) is 46.2 Å². The Kier molecular flexibility index (Phi) is 5.05. The fourth-order valence-electron chi connectivity index (χ4n) is 3.96. The van der Waals surface area contributed by atoms with Crippen molar-refractivity contribution in [1.82, 2.24) is 0 Å². The summed E-state index contributed by atoms with van der Waals surface area (Å²) in [5.41, 5.74) is 5.78. The summed E-state index contributed by atoms with van der Waals surface area (Å²) < 4.78 is 13.4. The van der Waals surface area contributed by atoms with Gasteiger partial charge in [0.25, 0.3) is 0 Å². The van der Waals surface area contributed by atoms with Crippen LogP contribution >= 0.6 is 0 Å². The highest BCUT2D eigenvalue weighted by Gasteiger charge is 2.48. The van der Waals surface area contributed by atoms with E-state index in [4.69, 9.17) is 5.73 Å². The zero-order valence-electron chi connectivity index (χ0n) is 13.2. The van der Waals surface area contributed by atoms with Gasteiger partial charge in [-0.15, -0.1) is 0 Å². The molecule has 3 atom stereocenters. The quantitative estimate of drug-likeness (QED) is 0.870. The van der Waals surface area contributed by atoms with Gasteiger partial charge in [-0.1, -0.05) is 38.3 Å². The predicted molar refractivity (Wildman–Crippen MR) is 84.5 cm³/mol. The molecule has 3 unspecified atom stereocenters. The first kappa shape index (κ1) is 16.4. The lowest BCUT2D eigenvalue weighted by Crippen LogP contribution is -2.54. The van der Waals surface area contributed by atoms with E-state index in [1.54, 1.807) is 6.07 Å². The molecule has 1 aliphatic rings. The summed E-state index contributed by atoms with van der Waals surface area (Å²) >= 11 is 0. The average Bonchev–Trinajstić information content (AvgIpc) is 2.46. The Morgan fingerprint density at radius 1 is 1.48 bits per heavy atom. The third kappa shape index (κ3) is 3.46. The molecular weight excluding hydrogens is 265 g/mol. The van der Waals surface area contributed by atoms with Gasteiger partial charge < -0.3 is 10.8 Å². The molecule has 0 bridgehead atoms. The lowest BCUT2D eigenvalue weighted by molar-refractivity contribution is -0.0954. The van der Waals surface area contributed by atoms with Gasteiger partial charge in [-0.3, -0.25) is 0 Å². The first-order valence-electron chi connectivity index (χ1n) is 8.09. The van der Waals surface area contributed by atoms with E-state index in [-0.39, 0.29) is 11.2 Å². The van der Waals surface area contributed by atoms with E-state index < -0.39 is 5.60 Å². The normalized spacial score (nSPS) is 29.1. The van der Waals surface area contributed by atoms with E-state index in [0.29, 0.717) is 18.9 Å². The molecule has 0 heterocycles. The van der Waals surface area contributed by atoms with Crippen molar-refractivity contribution in [2.75, 3.05) is 6.54 Å². The zero-order valence-corrected chi connectivity index (χ0v) is 13.2. The van der Waals surface area contributed by atoms with E-state index in [1.165, 1.54) is 18.6 Å². The van der Waals surface area contributed by atoms with Crippen LogP contribution in [-0.2, 0) is 6.42 Å². The highest BCUT2D eigenvalue weighted by Crippen LogP contribution is 2.48. The fourth-order valence-corrected chi connectivity index (χ4v) is 3.96. The SMILES string of the molecule is CCC1CCCC(CN)(C(C)(O)Cc2cccc(F)c2)C1. The zero-order chi connectivity index (χ0) is 15.5. The maximum atomic E-state index is 13.4. The number of rotatable bonds is 5. The minimum atomic E-state index is -0.899. The monoisotopic (exact) mass is 293 g/mol. The molecule has 0 aromatic heterocycles. The molecule has 118 valence electrons. The Labute approximate surface area is 127 Å². The second-order valence-electron chi connectivity index (χ2n) is 6.94. The maximum Gasteiger partial charge on any atom is 0.123 e. The van der Waals surface area contributed by atoms with Crippen LogP contribution in [0.15, 0.2) is 24.3 Å². The Bertz CT molecular complexity index is 474. The largest absolute Gasteiger partial charge is 0.389 e. The van der Waals surface area contributed by atoms with Gasteiger partial charge in [0.05, 0.1) is 5.60 Å². The number of hydrogen-bond donors (Lipinski definition) is 2. The molecule has 2 rings (SSSR count). The molecule has 1 saturated carbocycles. The van der Waals surface area contributed by atoms with Crippen LogP contribution in [0.4, 0.5) is 4.39 Å². The van der Waals surface area contributed by atoms with Crippen molar-refractivity contribution in [3.63, 3.8) is 0 Å². The lowest BCUT2D eigenvalue weighted by atomic mass is 9.59. The summed E-state index contributed by atoms with van der Waals surface area (Å²) in [6.45, 7) is 4.58. The number of hydrogen-bond acceptors (Lipinski definition) is 2. The van der Waals surface area contributed by atoms with Crippen LogP contribution in [0.25, 0.3) is 0 Å². The maximum absolute atomic E-state index is 13.4. The smallest absolute Gasteiger partial charge is 0.123 e. The summed E-state index contributed by atoms with van der Waals surface area (Å²) in [5, 5.41) is 11.1. The van der Waals surface area contributed by atoms with Crippen molar-refractivity contribution in [1.29, 1.82) is 0 Å². The van der Waals surface area contributed by atoms with Crippen LogP contribution in [0.2, 0.25) is 0 Å². The van der Waals surface area contributed by atoms with E-state index in [1.807, 2.05) is 13.0 Å². The molecule has 1 aromatic carbocycles. The van der Waals surface area contributed by atoms with Crippen molar-refractivity contribution in [3.05, 3.63) is 35.6 Å². The Morgan fingerprint density at radius 2 is 2.24 bits per heavy atom. The molecule has 3 N–H and O–H groups in total. The molecular formula is C18H28FNO. The first-order valence-corrected chi connectivity index (χ1v) is 8.09. The van der Waals surface area contributed by atoms with Gasteiger partial charge in [0.15, 0.2) is 0 Å². The average molecular weight is 293 g/mol. The summed E-state index contributed by atoms with van der Waals surface area (Å²) in [7, 11) is 0. The molecule has 0 amide bonds. The summed E-state index contributed by atoms with van der Waals surface area (Å²) in [6, 6.07) is 6.52. The fraction of sp³-hybridized carbons (Fsp3) is 0.667. The Hall–Kier alpha value is -0.930. The summed E-state index contributed by atoms with van der Waals surface area (Å²) in [6.07, 6.45) is 5.88. The van der Waals surface area contributed by atoms with E-state index in [2.05, 4.69) is 6.92 Å². The summed E-state index contributed by atoms with van der Waals surface area (Å²) in [4.78, 5) is 0. The number of nitrogens with two attached hydrogens (primary N) is 1. The minimum Gasteiger partial charge on any atom is -0.389 e. The van der Waals surface area contributed by atoms with Crippen molar-refractivity contribution < 1.29 is 9.50 Å². The van der Waals surface area contributed by atoms with Crippen LogP contribution < -0.4 is 5.73 Å². The Morgan fingerprint density at radius 3 is 2.86 bits per heavy atom. The van der Waals surface area contributed by atoms with Crippen molar-refractivity contribution in [3.8, 4) is 0 Å². The molecule has 0 saturated heterocycles. The molecule has 1 fully saturated rings. The minimum absolute atomic E-state index is 0.250. The second-order valence-corrected chi connectivity index (χ2v) is 6.94. The van der Waals surface area contributed by atoms with Crippen LogP contribution in [0.3, 0.4) is 0 Å². The van der Waals surface area contributed by atoms with Gasteiger partial charge >= 0.3 is 0 Å². The van der Waals surface area contributed by atoms with E-state index in [9.17, 15) is 9.50 Å². The molecule has 0 aliphatic heterocycles. The highest BCUT2D eigenvalue weighted by atomic mass is 19.1. The van der Waals surface area contributed by atoms with Crippen LogP contribution in [-0.4, -0.2) is 17.3 Å².